The molecular weight excluding hydrogens is 244 g/mol. The summed E-state index contributed by atoms with van der Waals surface area (Å²) in [6.07, 6.45) is 1.83. The number of aryl methyl sites for hydroxylation is 1. The number of hydrogen-bond acceptors (Lipinski definition) is 5. The van der Waals surface area contributed by atoms with Crippen molar-refractivity contribution in [2.45, 2.75) is 13.5 Å². The largest absolute Gasteiger partial charge is 0.460 e. The third-order valence-electron chi connectivity index (χ3n) is 3.21. The Labute approximate surface area is 111 Å². The van der Waals surface area contributed by atoms with Crippen LogP contribution >= 0.6 is 0 Å². The van der Waals surface area contributed by atoms with Gasteiger partial charge in [-0.1, -0.05) is 0 Å². The first-order valence-corrected chi connectivity index (χ1v) is 6.48. The summed E-state index contributed by atoms with van der Waals surface area (Å²) in [5, 5.41) is 9.27. The number of nitrogens with one attached hydrogen (secondary N) is 2. The average Bonchev–Trinajstić information content (AvgIpc) is 3.06. The van der Waals surface area contributed by atoms with E-state index in [1.54, 1.807) is 0 Å². The lowest BCUT2D eigenvalue weighted by Gasteiger charge is -2.27. The molecule has 1 saturated heterocycles. The van der Waals surface area contributed by atoms with Crippen molar-refractivity contribution in [1.82, 2.24) is 20.6 Å². The average molecular weight is 262 g/mol. The van der Waals surface area contributed by atoms with Crippen LogP contribution in [0.2, 0.25) is 0 Å². The van der Waals surface area contributed by atoms with Crippen LogP contribution in [0.1, 0.15) is 11.3 Å². The minimum Gasteiger partial charge on any atom is -0.460 e. The van der Waals surface area contributed by atoms with E-state index < -0.39 is 0 Å². The summed E-state index contributed by atoms with van der Waals surface area (Å²) < 4.78 is 10.9. The maximum atomic E-state index is 5.63. The zero-order valence-electron chi connectivity index (χ0n) is 11.0. The van der Waals surface area contributed by atoms with Crippen LogP contribution in [-0.4, -0.2) is 41.5 Å². The summed E-state index contributed by atoms with van der Waals surface area (Å²) in [6, 6.07) is 3.91. The zero-order chi connectivity index (χ0) is 13.1. The van der Waals surface area contributed by atoms with Gasteiger partial charge in [-0.2, -0.15) is 5.10 Å². The van der Waals surface area contributed by atoms with Crippen molar-refractivity contribution in [2.24, 2.45) is 0 Å². The van der Waals surface area contributed by atoms with Crippen molar-refractivity contribution in [1.29, 1.82) is 0 Å². The maximum absolute atomic E-state index is 5.63. The standard InChI is InChI=1S/C13H18N4O2/c1-10-2-3-12(19-10)13-11(8-14-16-13)9-15-17-4-6-18-7-5-17/h2-3,8,15H,4-7,9H2,1H3,(H,14,16). The number of ether oxygens (including phenoxy) is 1. The molecule has 19 heavy (non-hydrogen) atoms. The molecule has 2 aromatic rings. The van der Waals surface area contributed by atoms with Crippen LogP contribution in [-0.2, 0) is 11.3 Å². The van der Waals surface area contributed by atoms with E-state index in [-0.39, 0.29) is 0 Å². The van der Waals surface area contributed by atoms with Gasteiger partial charge in [0.05, 0.1) is 19.4 Å². The van der Waals surface area contributed by atoms with E-state index in [0.29, 0.717) is 0 Å². The van der Waals surface area contributed by atoms with E-state index in [9.17, 15) is 0 Å². The number of hydrogen-bond donors (Lipinski definition) is 2. The Kier molecular flexibility index (Phi) is 3.63. The molecule has 1 aliphatic rings. The number of hydrazine groups is 1. The van der Waals surface area contributed by atoms with Gasteiger partial charge >= 0.3 is 0 Å². The van der Waals surface area contributed by atoms with Crippen molar-refractivity contribution < 1.29 is 9.15 Å². The molecule has 2 aromatic heterocycles. The van der Waals surface area contributed by atoms with E-state index in [0.717, 1.165) is 55.6 Å². The van der Waals surface area contributed by atoms with Crippen LogP contribution in [0.15, 0.2) is 22.7 Å². The Hall–Kier alpha value is -1.63. The SMILES string of the molecule is Cc1ccc(-c2[nH]ncc2CNN2CCOCC2)o1. The minimum atomic E-state index is 0.728. The van der Waals surface area contributed by atoms with Crippen LogP contribution in [0, 0.1) is 6.92 Å². The molecule has 0 spiro atoms. The Balaban J connectivity index is 1.66. The van der Waals surface area contributed by atoms with Gasteiger partial charge in [0.2, 0.25) is 0 Å². The van der Waals surface area contributed by atoms with E-state index in [1.165, 1.54) is 0 Å². The number of morpholine rings is 1. The number of rotatable bonds is 4. The highest BCUT2D eigenvalue weighted by Gasteiger charge is 2.14. The number of nitrogens with zero attached hydrogens (tertiary/aromatic N) is 2. The normalized spacial score (nSPS) is 16.9. The quantitative estimate of drug-likeness (QED) is 0.869. The van der Waals surface area contributed by atoms with Crippen LogP contribution in [0.25, 0.3) is 11.5 Å². The van der Waals surface area contributed by atoms with Crippen molar-refractivity contribution in [2.75, 3.05) is 26.3 Å². The summed E-state index contributed by atoms with van der Waals surface area (Å²) in [6.45, 7) is 6.04. The van der Waals surface area contributed by atoms with Gasteiger partial charge in [0.25, 0.3) is 0 Å². The molecule has 3 rings (SSSR count). The summed E-state index contributed by atoms with van der Waals surface area (Å²) in [7, 11) is 0. The topological polar surface area (TPSA) is 66.3 Å². The molecule has 0 unspecified atom stereocenters. The molecular formula is C13H18N4O2. The highest BCUT2D eigenvalue weighted by molar-refractivity contribution is 5.56. The van der Waals surface area contributed by atoms with E-state index in [1.807, 2.05) is 25.3 Å². The van der Waals surface area contributed by atoms with Crippen molar-refractivity contribution in [3.63, 3.8) is 0 Å². The van der Waals surface area contributed by atoms with Crippen LogP contribution in [0.4, 0.5) is 0 Å². The number of furan rings is 1. The van der Waals surface area contributed by atoms with Crippen LogP contribution < -0.4 is 5.43 Å². The Morgan fingerprint density at radius 1 is 1.37 bits per heavy atom. The van der Waals surface area contributed by atoms with E-state index in [4.69, 9.17) is 9.15 Å². The lowest BCUT2D eigenvalue weighted by molar-refractivity contribution is 0.0106. The first-order chi connectivity index (χ1) is 9.33. The lowest BCUT2D eigenvalue weighted by Crippen LogP contribution is -2.45. The first-order valence-electron chi connectivity index (χ1n) is 6.48. The van der Waals surface area contributed by atoms with Crippen molar-refractivity contribution in [3.8, 4) is 11.5 Å². The van der Waals surface area contributed by atoms with Crippen molar-refractivity contribution in [3.05, 3.63) is 29.7 Å². The predicted molar refractivity (Wildman–Crippen MR) is 70.3 cm³/mol. The van der Waals surface area contributed by atoms with Gasteiger partial charge in [-0.25, -0.2) is 5.01 Å². The van der Waals surface area contributed by atoms with Gasteiger partial charge in [-0.15, -0.1) is 0 Å². The monoisotopic (exact) mass is 262 g/mol. The Morgan fingerprint density at radius 2 is 2.21 bits per heavy atom. The molecule has 1 aliphatic heterocycles. The van der Waals surface area contributed by atoms with E-state index >= 15 is 0 Å². The first kappa shape index (κ1) is 12.4. The molecule has 102 valence electrons. The Bertz CT molecular complexity index is 528. The molecule has 0 aliphatic carbocycles. The number of aromatic nitrogens is 2. The van der Waals surface area contributed by atoms with Gasteiger partial charge in [0.15, 0.2) is 5.76 Å². The van der Waals surface area contributed by atoms with Crippen LogP contribution in [0.3, 0.4) is 0 Å². The summed E-state index contributed by atoms with van der Waals surface area (Å²) >= 11 is 0. The highest BCUT2D eigenvalue weighted by atomic mass is 16.5. The molecule has 0 atom stereocenters. The smallest absolute Gasteiger partial charge is 0.152 e. The van der Waals surface area contributed by atoms with E-state index in [2.05, 4.69) is 20.6 Å². The van der Waals surface area contributed by atoms with Gasteiger partial charge < -0.3 is 9.15 Å². The molecule has 0 amide bonds. The summed E-state index contributed by atoms with van der Waals surface area (Å²) in [5.74, 6) is 1.73. The molecule has 0 aromatic carbocycles. The van der Waals surface area contributed by atoms with Crippen molar-refractivity contribution >= 4 is 0 Å². The number of aromatic amines is 1. The highest BCUT2D eigenvalue weighted by Crippen LogP contribution is 2.23. The molecule has 1 fully saturated rings. The summed E-state index contributed by atoms with van der Waals surface area (Å²) in [4.78, 5) is 0. The summed E-state index contributed by atoms with van der Waals surface area (Å²) in [5.41, 5.74) is 5.43. The number of H-pyrrole nitrogens is 1. The molecule has 0 radical (unpaired) electrons. The third kappa shape index (κ3) is 2.86. The van der Waals surface area contributed by atoms with Gasteiger partial charge in [0, 0.05) is 25.2 Å². The fourth-order valence-corrected chi connectivity index (χ4v) is 2.15. The maximum Gasteiger partial charge on any atom is 0.152 e. The molecule has 6 nitrogen and oxygen atoms in total. The molecule has 0 bridgehead atoms. The second kappa shape index (κ2) is 5.56. The second-order valence-corrected chi connectivity index (χ2v) is 4.61. The predicted octanol–water partition coefficient (Wildman–Crippen LogP) is 1.31. The molecule has 2 N–H and O–H groups in total. The third-order valence-corrected chi connectivity index (χ3v) is 3.21. The van der Waals surface area contributed by atoms with Gasteiger partial charge in [0.1, 0.15) is 11.5 Å². The molecule has 3 heterocycles. The minimum absolute atomic E-state index is 0.728. The zero-order valence-corrected chi connectivity index (χ0v) is 11.0. The lowest BCUT2D eigenvalue weighted by atomic mass is 10.2. The molecule has 6 heteroatoms. The van der Waals surface area contributed by atoms with Crippen LogP contribution in [0.5, 0.6) is 0 Å². The van der Waals surface area contributed by atoms with Gasteiger partial charge in [-0.05, 0) is 19.1 Å². The fourth-order valence-electron chi connectivity index (χ4n) is 2.15. The van der Waals surface area contributed by atoms with Gasteiger partial charge in [-0.3, -0.25) is 10.5 Å². The molecule has 0 saturated carbocycles. The Morgan fingerprint density at radius 3 is 2.95 bits per heavy atom. The fraction of sp³-hybridized carbons (Fsp3) is 0.462. The second-order valence-electron chi connectivity index (χ2n) is 4.61.